The maximum Gasteiger partial charge on any atom is 0.276 e. The fourth-order valence-electron chi connectivity index (χ4n) is 1.43. The average Bonchev–Trinajstić information content (AvgIpc) is 2.80. The molecule has 1 unspecified atom stereocenters. The zero-order valence-corrected chi connectivity index (χ0v) is 9.43. The van der Waals surface area contributed by atoms with Gasteiger partial charge in [0, 0.05) is 0 Å². The summed E-state index contributed by atoms with van der Waals surface area (Å²) in [5, 5.41) is 3.79. The van der Waals surface area contributed by atoms with Crippen LogP contribution in [-0.4, -0.2) is 15.1 Å². The van der Waals surface area contributed by atoms with Crippen LogP contribution in [0.1, 0.15) is 31.6 Å². The van der Waals surface area contributed by atoms with E-state index < -0.39 is 5.82 Å². The van der Waals surface area contributed by atoms with E-state index >= 15 is 0 Å². The lowest BCUT2D eigenvalue weighted by Gasteiger charge is -2.02. The maximum absolute atomic E-state index is 12.7. The number of pyridine rings is 1. The van der Waals surface area contributed by atoms with Gasteiger partial charge in [0.1, 0.15) is 11.5 Å². The van der Waals surface area contributed by atoms with E-state index in [-0.39, 0.29) is 11.9 Å². The van der Waals surface area contributed by atoms with Gasteiger partial charge < -0.3 is 10.3 Å². The van der Waals surface area contributed by atoms with Crippen LogP contribution in [0, 0.1) is 5.82 Å². The van der Waals surface area contributed by atoms with Crippen molar-refractivity contribution in [3.8, 4) is 11.6 Å². The number of nitrogens with two attached hydrogens (primary N) is 1. The molecule has 0 aliphatic rings. The Morgan fingerprint density at radius 3 is 2.94 bits per heavy atom. The Kier molecular flexibility index (Phi) is 3.43. The summed E-state index contributed by atoms with van der Waals surface area (Å²) in [6.45, 7) is 2.03. The molecule has 0 aliphatic carbocycles. The van der Waals surface area contributed by atoms with Crippen LogP contribution in [0.2, 0.25) is 0 Å². The summed E-state index contributed by atoms with van der Waals surface area (Å²) in [6.07, 6.45) is 2.83. The van der Waals surface area contributed by atoms with Crippen LogP contribution < -0.4 is 5.73 Å². The van der Waals surface area contributed by atoms with Crippen LogP contribution >= 0.6 is 0 Å². The van der Waals surface area contributed by atoms with E-state index in [2.05, 4.69) is 15.1 Å². The molecule has 6 heteroatoms. The lowest BCUT2D eigenvalue weighted by molar-refractivity contribution is 0.412. The summed E-state index contributed by atoms with van der Waals surface area (Å²) in [5.74, 6) is 0.302. The molecule has 2 aromatic rings. The molecule has 0 saturated carbocycles. The van der Waals surface area contributed by atoms with Crippen LogP contribution in [-0.2, 0) is 0 Å². The molecule has 0 saturated heterocycles. The molecule has 0 amide bonds. The highest BCUT2D eigenvalue weighted by Crippen LogP contribution is 2.18. The average molecular weight is 236 g/mol. The number of aromatic nitrogens is 3. The summed E-state index contributed by atoms with van der Waals surface area (Å²) in [6, 6.07) is 2.54. The van der Waals surface area contributed by atoms with Gasteiger partial charge in [-0.15, -0.1) is 0 Å². The molecule has 0 aliphatic heterocycles. The highest BCUT2D eigenvalue weighted by Gasteiger charge is 2.15. The number of halogens is 1. The molecule has 2 aromatic heterocycles. The molecule has 2 N–H and O–H groups in total. The monoisotopic (exact) mass is 236 g/mol. The molecule has 2 rings (SSSR count). The number of hydrogen-bond acceptors (Lipinski definition) is 5. The Balaban J connectivity index is 2.20. The normalized spacial score (nSPS) is 12.6. The lowest BCUT2D eigenvalue weighted by atomic mass is 10.2. The minimum absolute atomic E-state index is 0.238. The van der Waals surface area contributed by atoms with Crippen LogP contribution in [0.25, 0.3) is 11.6 Å². The Hall–Kier alpha value is -1.82. The van der Waals surface area contributed by atoms with Crippen molar-refractivity contribution >= 4 is 0 Å². The van der Waals surface area contributed by atoms with E-state index in [0.29, 0.717) is 11.5 Å². The predicted molar refractivity (Wildman–Crippen MR) is 59.3 cm³/mol. The summed E-state index contributed by atoms with van der Waals surface area (Å²) in [4.78, 5) is 8.00. The van der Waals surface area contributed by atoms with Crippen molar-refractivity contribution in [2.45, 2.75) is 25.8 Å². The topological polar surface area (TPSA) is 77.8 Å². The highest BCUT2D eigenvalue weighted by molar-refractivity contribution is 5.45. The molecule has 0 aromatic carbocycles. The quantitative estimate of drug-likeness (QED) is 0.879. The zero-order valence-electron chi connectivity index (χ0n) is 9.43. The van der Waals surface area contributed by atoms with Gasteiger partial charge >= 0.3 is 0 Å². The minimum atomic E-state index is -0.406. The van der Waals surface area contributed by atoms with Gasteiger partial charge in [-0.25, -0.2) is 9.37 Å². The van der Waals surface area contributed by atoms with Crippen molar-refractivity contribution < 1.29 is 8.91 Å². The third kappa shape index (κ3) is 2.65. The number of rotatable bonds is 4. The smallest absolute Gasteiger partial charge is 0.276 e. The molecule has 0 fully saturated rings. The SMILES string of the molecule is CCCC(N)c1noc(-c2ccc(F)cn2)n1. The van der Waals surface area contributed by atoms with Gasteiger partial charge in [0.2, 0.25) is 0 Å². The Morgan fingerprint density at radius 2 is 2.29 bits per heavy atom. The van der Waals surface area contributed by atoms with Crippen molar-refractivity contribution in [3.63, 3.8) is 0 Å². The fourth-order valence-corrected chi connectivity index (χ4v) is 1.43. The standard InChI is InChI=1S/C11H13FN4O/c1-2-3-8(13)10-15-11(17-16-10)9-5-4-7(12)6-14-9/h4-6,8H,2-3,13H2,1H3. The third-order valence-electron chi connectivity index (χ3n) is 2.32. The molecule has 17 heavy (non-hydrogen) atoms. The summed E-state index contributed by atoms with van der Waals surface area (Å²) in [5.41, 5.74) is 6.29. The molecular formula is C11H13FN4O. The van der Waals surface area contributed by atoms with E-state index in [0.717, 1.165) is 19.0 Å². The zero-order chi connectivity index (χ0) is 12.3. The largest absolute Gasteiger partial charge is 0.332 e. The van der Waals surface area contributed by atoms with E-state index in [9.17, 15) is 4.39 Å². The molecule has 2 heterocycles. The minimum Gasteiger partial charge on any atom is -0.332 e. The van der Waals surface area contributed by atoms with Crippen LogP contribution in [0.5, 0.6) is 0 Å². The van der Waals surface area contributed by atoms with Crippen molar-refractivity contribution in [2.75, 3.05) is 0 Å². The molecule has 0 radical (unpaired) electrons. The summed E-state index contributed by atoms with van der Waals surface area (Å²) < 4.78 is 17.7. The van der Waals surface area contributed by atoms with Gasteiger partial charge in [-0.3, -0.25) is 0 Å². The van der Waals surface area contributed by atoms with Crippen molar-refractivity contribution in [1.82, 2.24) is 15.1 Å². The molecule has 1 atom stereocenters. The van der Waals surface area contributed by atoms with E-state index in [4.69, 9.17) is 10.3 Å². The van der Waals surface area contributed by atoms with Gasteiger partial charge in [0.25, 0.3) is 5.89 Å². The Bertz CT molecular complexity index is 482. The third-order valence-corrected chi connectivity index (χ3v) is 2.32. The predicted octanol–water partition coefficient (Wildman–Crippen LogP) is 2.07. The van der Waals surface area contributed by atoms with Gasteiger partial charge in [0.15, 0.2) is 5.82 Å². The molecule has 90 valence electrons. The van der Waals surface area contributed by atoms with Gasteiger partial charge in [-0.05, 0) is 18.6 Å². The molecular weight excluding hydrogens is 223 g/mol. The number of nitrogens with zero attached hydrogens (tertiary/aromatic N) is 3. The first-order valence-electron chi connectivity index (χ1n) is 5.42. The van der Waals surface area contributed by atoms with Gasteiger partial charge in [-0.1, -0.05) is 18.5 Å². The first-order chi connectivity index (χ1) is 8.20. The second-order valence-corrected chi connectivity index (χ2v) is 3.71. The number of hydrogen-bond donors (Lipinski definition) is 1. The van der Waals surface area contributed by atoms with Crippen LogP contribution in [0.3, 0.4) is 0 Å². The summed E-state index contributed by atoms with van der Waals surface area (Å²) >= 11 is 0. The summed E-state index contributed by atoms with van der Waals surface area (Å²) in [7, 11) is 0. The Morgan fingerprint density at radius 1 is 1.47 bits per heavy atom. The van der Waals surface area contributed by atoms with Crippen molar-refractivity contribution in [3.05, 3.63) is 30.0 Å². The molecule has 0 spiro atoms. The fraction of sp³-hybridized carbons (Fsp3) is 0.364. The Labute approximate surface area is 97.9 Å². The second kappa shape index (κ2) is 5.01. The molecule has 5 nitrogen and oxygen atoms in total. The van der Waals surface area contributed by atoms with E-state index in [1.54, 1.807) is 0 Å². The lowest BCUT2D eigenvalue weighted by Crippen LogP contribution is -2.11. The first-order valence-corrected chi connectivity index (χ1v) is 5.42. The van der Waals surface area contributed by atoms with E-state index in [1.165, 1.54) is 12.1 Å². The first kappa shape index (κ1) is 11.7. The van der Waals surface area contributed by atoms with Crippen LogP contribution in [0.4, 0.5) is 4.39 Å². The highest BCUT2D eigenvalue weighted by atomic mass is 19.1. The van der Waals surface area contributed by atoms with Gasteiger partial charge in [0.05, 0.1) is 12.2 Å². The van der Waals surface area contributed by atoms with Crippen molar-refractivity contribution in [1.29, 1.82) is 0 Å². The van der Waals surface area contributed by atoms with Gasteiger partial charge in [-0.2, -0.15) is 4.98 Å². The van der Waals surface area contributed by atoms with Crippen molar-refractivity contribution in [2.24, 2.45) is 5.73 Å². The molecule has 0 bridgehead atoms. The van der Waals surface area contributed by atoms with Crippen LogP contribution in [0.15, 0.2) is 22.9 Å². The maximum atomic E-state index is 12.7. The second-order valence-electron chi connectivity index (χ2n) is 3.71. The van der Waals surface area contributed by atoms with E-state index in [1.807, 2.05) is 6.92 Å².